The van der Waals surface area contributed by atoms with Crippen LogP contribution in [0, 0.1) is 15.9 Å². The summed E-state index contributed by atoms with van der Waals surface area (Å²) in [5.74, 6) is -0.933. The summed E-state index contributed by atoms with van der Waals surface area (Å²) in [5.41, 5.74) is -0.0172. The van der Waals surface area contributed by atoms with E-state index in [1.807, 2.05) is 0 Å². The summed E-state index contributed by atoms with van der Waals surface area (Å²) < 4.78 is 18.7. The number of rotatable bonds is 5. The second kappa shape index (κ2) is 6.13. The molecule has 0 spiro atoms. The van der Waals surface area contributed by atoms with Gasteiger partial charge in [-0.05, 0) is 12.1 Å². The molecule has 21 heavy (non-hydrogen) atoms. The fourth-order valence-corrected chi connectivity index (χ4v) is 1.96. The van der Waals surface area contributed by atoms with Crippen LogP contribution in [-0.2, 0) is 6.42 Å². The Morgan fingerprint density at radius 2 is 2.00 bits per heavy atom. The summed E-state index contributed by atoms with van der Waals surface area (Å²) in [5, 5.41) is 10.9. The first-order valence-corrected chi connectivity index (χ1v) is 6.12. The highest BCUT2D eigenvalue weighted by molar-refractivity contribution is 5.98. The average molecular weight is 289 g/mol. The Morgan fingerprint density at radius 3 is 2.62 bits per heavy atom. The molecule has 0 fully saturated rings. The van der Waals surface area contributed by atoms with Crippen molar-refractivity contribution >= 4 is 11.5 Å². The van der Waals surface area contributed by atoms with Gasteiger partial charge >= 0.3 is 0 Å². The van der Waals surface area contributed by atoms with Crippen molar-refractivity contribution in [2.24, 2.45) is 0 Å². The molecule has 0 saturated heterocycles. The van der Waals surface area contributed by atoms with Crippen LogP contribution in [0.25, 0.3) is 0 Å². The number of ketones is 1. The second-order valence-electron chi connectivity index (χ2n) is 4.33. The summed E-state index contributed by atoms with van der Waals surface area (Å²) >= 11 is 0. The van der Waals surface area contributed by atoms with Crippen molar-refractivity contribution in [3.05, 3.63) is 69.5 Å². The Labute approximate surface area is 120 Å². The number of benzene rings is 2. The maximum atomic E-state index is 13.8. The van der Waals surface area contributed by atoms with E-state index in [0.717, 1.165) is 6.07 Å². The lowest BCUT2D eigenvalue weighted by atomic mass is 10.0. The molecule has 0 bridgehead atoms. The smallest absolute Gasteiger partial charge is 0.273 e. The Hall–Kier alpha value is -2.76. The molecule has 2 aromatic carbocycles. The van der Waals surface area contributed by atoms with Gasteiger partial charge in [0.15, 0.2) is 5.78 Å². The van der Waals surface area contributed by atoms with E-state index in [2.05, 4.69) is 0 Å². The van der Waals surface area contributed by atoms with Crippen molar-refractivity contribution in [1.29, 1.82) is 0 Å². The van der Waals surface area contributed by atoms with Crippen molar-refractivity contribution in [1.82, 2.24) is 0 Å². The molecule has 0 N–H and O–H groups in total. The van der Waals surface area contributed by atoms with Gasteiger partial charge < -0.3 is 4.74 Å². The Bertz CT molecular complexity index is 700. The third-order valence-corrected chi connectivity index (χ3v) is 3.02. The van der Waals surface area contributed by atoms with Crippen LogP contribution in [0.4, 0.5) is 10.1 Å². The predicted molar refractivity (Wildman–Crippen MR) is 74.1 cm³/mol. The normalized spacial score (nSPS) is 10.2. The number of nitro groups is 1. The minimum atomic E-state index is -0.710. The van der Waals surface area contributed by atoms with Crippen LogP contribution in [0.3, 0.4) is 0 Å². The van der Waals surface area contributed by atoms with Gasteiger partial charge in [-0.2, -0.15) is 0 Å². The molecule has 0 aromatic heterocycles. The molecular weight excluding hydrogens is 277 g/mol. The van der Waals surface area contributed by atoms with Crippen LogP contribution in [-0.4, -0.2) is 17.8 Å². The number of hydrogen-bond acceptors (Lipinski definition) is 4. The second-order valence-corrected chi connectivity index (χ2v) is 4.33. The molecule has 0 saturated carbocycles. The number of halogens is 1. The van der Waals surface area contributed by atoms with Crippen LogP contribution in [0.2, 0.25) is 0 Å². The highest BCUT2D eigenvalue weighted by Crippen LogP contribution is 2.22. The van der Waals surface area contributed by atoms with Crippen LogP contribution in [0.15, 0.2) is 42.5 Å². The minimum absolute atomic E-state index is 0.117. The van der Waals surface area contributed by atoms with E-state index < -0.39 is 16.5 Å². The fraction of sp³-hybridized carbons (Fsp3) is 0.133. The van der Waals surface area contributed by atoms with Gasteiger partial charge in [0, 0.05) is 24.1 Å². The molecule has 2 rings (SSSR count). The monoisotopic (exact) mass is 289 g/mol. The van der Waals surface area contributed by atoms with Crippen molar-refractivity contribution in [2.75, 3.05) is 7.11 Å². The van der Waals surface area contributed by atoms with Gasteiger partial charge in [-0.1, -0.05) is 18.2 Å². The van der Waals surface area contributed by atoms with Crippen molar-refractivity contribution in [2.45, 2.75) is 6.42 Å². The summed E-state index contributed by atoms with van der Waals surface area (Å²) in [7, 11) is 1.39. The number of carbonyl (C=O) groups excluding carboxylic acids is 1. The third-order valence-electron chi connectivity index (χ3n) is 3.02. The number of ether oxygens (including phenoxy) is 1. The molecule has 0 aliphatic carbocycles. The number of Topliss-reactive ketones (excluding diaryl/α,β-unsaturated/α-hetero) is 1. The van der Waals surface area contributed by atoms with Gasteiger partial charge in [0.2, 0.25) is 0 Å². The molecule has 0 aliphatic rings. The van der Waals surface area contributed by atoms with E-state index in [0.29, 0.717) is 5.75 Å². The van der Waals surface area contributed by atoms with E-state index in [-0.39, 0.29) is 23.2 Å². The van der Waals surface area contributed by atoms with Crippen LogP contribution < -0.4 is 4.74 Å². The number of carbonyl (C=O) groups is 1. The zero-order valence-electron chi connectivity index (χ0n) is 11.2. The lowest BCUT2D eigenvalue weighted by molar-refractivity contribution is -0.385. The van der Waals surface area contributed by atoms with E-state index >= 15 is 0 Å². The molecule has 0 atom stereocenters. The lowest BCUT2D eigenvalue weighted by Gasteiger charge is -2.05. The number of nitro benzene ring substituents is 1. The zero-order valence-corrected chi connectivity index (χ0v) is 11.2. The summed E-state index contributed by atoms with van der Waals surface area (Å²) in [6, 6.07) is 9.79. The minimum Gasteiger partial charge on any atom is -0.497 e. The maximum Gasteiger partial charge on any atom is 0.273 e. The summed E-state index contributed by atoms with van der Waals surface area (Å²) in [6.45, 7) is 0. The van der Waals surface area contributed by atoms with Crippen LogP contribution in [0.5, 0.6) is 5.75 Å². The molecule has 0 aliphatic heterocycles. The molecular formula is C15H12FNO4. The van der Waals surface area contributed by atoms with E-state index in [1.165, 1.54) is 37.4 Å². The number of methoxy groups -OCH3 is 1. The number of nitrogens with zero attached hydrogens (tertiary/aromatic N) is 1. The molecule has 2 aromatic rings. The largest absolute Gasteiger partial charge is 0.497 e. The number of hydrogen-bond donors (Lipinski definition) is 0. The predicted octanol–water partition coefficient (Wildman–Crippen LogP) is 3.17. The Morgan fingerprint density at radius 1 is 1.29 bits per heavy atom. The van der Waals surface area contributed by atoms with Gasteiger partial charge in [0.25, 0.3) is 5.69 Å². The van der Waals surface area contributed by atoms with E-state index in [9.17, 15) is 19.3 Å². The van der Waals surface area contributed by atoms with Gasteiger partial charge in [-0.15, -0.1) is 0 Å². The molecule has 0 amide bonds. The first-order chi connectivity index (χ1) is 10.0. The Balaban J connectivity index is 2.28. The van der Waals surface area contributed by atoms with Crippen molar-refractivity contribution < 1.29 is 18.8 Å². The highest BCUT2D eigenvalue weighted by Gasteiger charge is 2.18. The summed E-state index contributed by atoms with van der Waals surface area (Å²) in [4.78, 5) is 22.4. The van der Waals surface area contributed by atoms with Crippen LogP contribution in [0.1, 0.15) is 15.9 Å². The van der Waals surface area contributed by atoms with Gasteiger partial charge in [0.1, 0.15) is 11.6 Å². The standard InChI is InChI=1S/C15H12FNO4/c1-21-11-6-7-12(13(16)9-11)15(18)8-10-4-2-3-5-14(10)17(19)20/h2-7,9H,8H2,1H3. The molecule has 0 radical (unpaired) electrons. The van der Waals surface area contributed by atoms with Crippen molar-refractivity contribution in [3.63, 3.8) is 0 Å². The van der Waals surface area contributed by atoms with E-state index in [1.54, 1.807) is 6.07 Å². The maximum absolute atomic E-state index is 13.8. The molecule has 6 heteroatoms. The van der Waals surface area contributed by atoms with E-state index in [4.69, 9.17) is 4.74 Å². The third kappa shape index (κ3) is 3.22. The molecule has 108 valence electrons. The summed E-state index contributed by atoms with van der Waals surface area (Å²) in [6.07, 6.45) is -0.236. The van der Waals surface area contributed by atoms with Crippen molar-refractivity contribution in [3.8, 4) is 5.75 Å². The van der Waals surface area contributed by atoms with Gasteiger partial charge in [-0.25, -0.2) is 4.39 Å². The first-order valence-electron chi connectivity index (χ1n) is 6.12. The lowest BCUT2D eigenvalue weighted by Crippen LogP contribution is -2.08. The SMILES string of the molecule is COc1ccc(C(=O)Cc2ccccc2[N+](=O)[O-])c(F)c1. The first kappa shape index (κ1) is 14.6. The molecule has 5 nitrogen and oxygen atoms in total. The van der Waals surface area contributed by atoms with Crippen LogP contribution >= 0.6 is 0 Å². The number of para-hydroxylation sites is 1. The zero-order chi connectivity index (χ0) is 15.4. The average Bonchev–Trinajstić information content (AvgIpc) is 2.47. The Kier molecular flexibility index (Phi) is 4.27. The van der Waals surface area contributed by atoms with Gasteiger partial charge in [0.05, 0.1) is 17.6 Å². The highest BCUT2D eigenvalue weighted by atomic mass is 19.1. The quantitative estimate of drug-likeness (QED) is 0.481. The van der Waals surface area contributed by atoms with Gasteiger partial charge in [-0.3, -0.25) is 14.9 Å². The molecule has 0 heterocycles. The molecule has 0 unspecified atom stereocenters. The topological polar surface area (TPSA) is 69.4 Å². The fourth-order valence-electron chi connectivity index (χ4n) is 1.96.